The lowest BCUT2D eigenvalue weighted by atomic mass is 9.95. The summed E-state index contributed by atoms with van der Waals surface area (Å²) < 4.78 is 11.5. The van der Waals surface area contributed by atoms with Crippen LogP contribution < -0.4 is 10.5 Å². The van der Waals surface area contributed by atoms with Gasteiger partial charge < -0.3 is 15.2 Å². The van der Waals surface area contributed by atoms with Crippen LogP contribution in [0.25, 0.3) is 0 Å². The van der Waals surface area contributed by atoms with Crippen molar-refractivity contribution < 1.29 is 9.47 Å². The zero-order chi connectivity index (χ0) is 13.5. The quantitative estimate of drug-likeness (QED) is 0.907. The van der Waals surface area contributed by atoms with Crippen LogP contribution in [0.2, 0.25) is 0 Å². The molecule has 4 heteroatoms. The minimum absolute atomic E-state index is 0.115. The lowest BCUT2D eigenvalue weighted by molar-refractivity contribution is -0.0712. The predicted molar refractivity (Wildman–Crippen MR) is 76.9 cm³/mol. The SMILES string of the molecule is NCC1OCCN(C2CC2)C1c1ccc2c(c1)CCO2. The van der Waals surface area contributed by atoms with Crippen LogP contribution in [0.4, 0.5) is 0 Å². The number of morpholine rings is 1. The van der Waals surface area contributed by atoms with Crippen LogP contribution in [0.15, 0.2) is 18.2 Å². The molecule has 2 unspecified atom stereocenters. The van der Waals surface area contributed by atoms with Gasteiger partial charge in [-0.3, -0.25) is 4.90 Å². The van der Waals surface area contributed by atoms with Crippen molar-refractivity contribution in [1.82, 2.24) is 4.90 Å². The van der Waals surface area contributed by atoms with Gasteiger partial charge in [0, 0.05) is 25.6 Å². The summed E-state index contributed by atoms with van der Waals surface area (Å²) in [4.78, 5) is 2.61. The highest BCUT2D eigenvalue weighted by atomic mass is 16.5. The summed E-state index contributed by atoms with van der Waals surface area (Å²) in [5.74, 6) is 1.05. The first-order valence-electron chi connectivity index (χ1n) is 7.70. The molecule has 108 valence electrons. The van der Waals surface area contributed by atoms with Gasteiger partial charge in [-0.25, -0.2) is 0 Å². The Balaban J connectivity index is 1.68. The molecule has 2 heterocycles. The van der Waals surface area contributed by atoms with E-state index in [1.54, 1.807) is 0 Å². The zero-order valence-electron chi connectivity index (χ0n) is 11.8. The standard InChI is InChI=1S/C16H22N2O2/c17-10-15-16(18(6-8-20-15)13-2-3-13)12-1-4-14-11(9-12)5-7-19-14/h1,4,9,13,15-16H,2-3,5-8,10,17H2. The molecule has 1 saturated carbocycles. The van der Waals surface area contributed by atoms with E-state index in [-0.39, 0.29) is 6.10 Å². The number of nitrogens with two attached hydrogens (primary N) is 1. The van der Waals surface area contributed by atoms with E-state index in [9.17, 15) is 0 Å². The van der Waals surface area contributed by atoms with Gasteiger partial charge in [-0.1, -0.05) is 12.1 Å². The fourth-order valence-corrected chi connectivity index (χ4v) is 3.56. The van der Waals surface area contributed by atoms with E-state index >= 15 is 0 Å². The third kappa shape index (κ3) is 2.12. The molecule has 0 bridgehead atoms. The number of benzene rings is 1. The molecule has 20 heavy (non-hydrogen) atoms. The molecular weight excluding hydrogens is 252 g/mol. The minimum Gasteiger partial charge on any atom is -0.493 e. The maximum Gasteiger partial charge on any atom is 0.122 e. The van der Waals surface area contributed by atoms with Gasteiger partial charge in [0.05, 0.1) is 25.4 Å². The number of nitrogens with zero attached hydrogens (tertiary/aromatic N) is 1. The lowest BCUT2D eigenvalue weighted by Crippen LogP contribution is -2.49. The summed E-state index contributed by atoms with van der Waals surface area (Å²) in [6.45, 7) is 3.23. The average molecular weight is 274 g/mol. The normalized spacial score (nSPS) is 30.1. The highest BCUT2D eigenvalue weighted by Gasteiger charge is 2.41. The van der Waals surface area contributed by atoms with Crippen molar-refractivity contribution in [1.29, 1.82) is 0 Å². The molecule has 4 rings (SSSR count). The Hall–Kier alpha value is -1.10. The second kappa shape index (κ2) is 5.02. The topological polar surface area (TPSA) is 47.7 Å². The molecule has 0 spiro atoms. The molecule has 3 aliphatic rings. The smallest absolute Gasteiger partial charge is 0.122 e. The molecule has 1 aromatic rings. The van der Waals surface area contributed by atoms with Gasteiger partial charge in [-0.05, 0) is 30.0 Å². The second-order valence-electron chi connectivity index (χ2n) is 6.02. The van der Waals surface area contributed by atoms with E-state index in [0.29, 0.717) is 12.6 Å². The van der Waals surface area contributed by atoms with Crippen molar-refractivity contribution >= 4 is 0 Å². The lowest BCUT2D eigenvalue weighted by Gasteiger charge is -2.41. The van der Waals surface area contributed by atoms with Gasteiger partial charge in [0.2, 0.25) is 0 Å². The molecule has 1 aliphatic carbocycles. The van der Waals surface area contributed by atoms with Crippen LogP contribution in [0.3, 0.4) is 0 Å². The van der Waals surface area contributed by atoms with Crippen LogP contribution in [-0.4, -0.2) is 43.3 Å². The number of fused-ring (bicyclic) bond motifs is 1. The van der Waals surface area contributed by atoms with Crippen LogP contribution in [-0.2, 0) is 11.2 Å². The highest BCUT2D eigenvalue weighted by Crippen LogP contribution is 2.40. The molecule has 2 fully saturated rings. The van der Waals surface area contributed by atoms with Crippen molar-refractivity contribution in [3.8, 4) is 5.75 Å². The summed E-state index contributed by atoms with van der Waals surface area (Å²) in [7, 11) is 0. The van der Waals surface area contributed by atoms with Crippen LogP contribution in [0.1, 0.15) is 30.0 Å². The maximum atomic E-state index is 5.95. The Labute approximate surface area is 119 Å². The summed E-state index contributed by atoms with van der Waals surface area (Å²) >= 11 is 0. The van der Waals surface area contributed by atoms with Crippen molar-refractivity contribution in [2.75, 3.05) is 26.3 Å². The molecule has 2 aliphatic heterocycles. The molecule has 0 radical (unpaired) electrons. The first-order chi connectivity index (χ1) is 9.86. The fourth-order valence-electron chi connectivity index (χ4n) is 3.56. The van der Waals surface area contributed by atoms with E-state index in [1.165, 1.54) is 24.0 Å². The van der Waals surface area contributed by atoms with Gasteiger partial charge in [0.25, 0.3) is 0 Å². The van der Waals surface area contributed by atoms with Gasteiger partial charge in [-0.2, -0.15) is 0 Å². The van der Waals surface area contributed by atoms with Gasteiger partial charge in [0.15, 0.2) is 0 Å². The van der Waals surface area contributed by atoms with E-state index in [0.717, 1.165) is 38.0 Å². The number of rotatable bonds is 3. The first kappa shape index (κ1) is 12.6. The second-order valence-corrected chi connectivity index (χ2v) is 6.02. The minimum atomic E-state index is 0.115. The molecule has 2 atom stereocenters. The van der Waals surface area contributed by atoms with Gasteiger partial charge in [0.1, 0.15) is 5.75 Å². The van der Waals surface area contributed by atoms with Crippen molar-refractivity contribution in [2.24, 2.45) is 5.73 Å². The summed E-state index contributed by atoms with van der Waals surface area (Å²) in [5, 5.41) is 0. The van der Waals surface area contributed by atoms with E-state index < -0.39 is 0 Å². The highest BCUT2D eigenvalue weighted by molar-refractivity contribution is 5.41. The molecule has 2 N–H and O–H groups in total. The molecule has 4 nitrogen and oxygen atoms in total. The number of ether oxygens (including phenoxy) is 2. The molecular formula is C16H22N2O2. The fraction of sp³-hybridized carbons (Fsp3) is 0.625. The van der Waals surface area contributed by atoms with Crippen molar-refractivity contribution in [2.45, 2.75) is 37.5 Å². The van der Waals surface area contributed by atoms with E-state index in [1.807, 2.05) is 0 Å². The summed E-state index contributed by atoms with van der Waals surface area (Å²) in [5.41, 5.74) is 8.63. The predicted octanol–water partition coefficient (Wildman–Crippen LogP) is 1.48. The van der Waals surface area contributed by atoms with Crippen LogP contribution in [0, 0.1) is 0 Å². The van der Waals surface area contributed by atoms with Crippen LogP contribution >= 0.6 is 0 Å². The number of hydrogen-bond donors (Lipinski definition) is 1. The Morgan fingerprint density at radius 2 is 2.15 bits per heavy atom. The first-order valence-corrected chi connectivity index (χ1v) is 7.70. The molecule has 1 aromatic carbocycles. The number of hydrogen-bond acceptors (Lipinski definition) is 4. The largest absolute Gasteiger partial charge is 0.493 e. The molecule has 0 aromatic heterocycles. The zero-order valence-corrected chi connectivity index (χ0v) is 11.8. The molecule has 1 saturated heterocycles. The molecule has 0 amide bonds. The monoisotopic (exact) mass is 274 g/mol. The Bertz CT molecular complexity index is 501. The van der Waals surface area contributed by atoms with Gasteiger partial charge in [-0.15, -0.1) is 0 Å². The van der Waals surface area contributed by atoms with Gasteiger partial charge >= 0.3 is 0 Å². The van der Waals surface area contributed by atoms with E-state index in [2.05, 4.69) is 23.1 Å². The average Bonchev–Trinajstić information content (AvgIpc) is 3.23. The Morgan fingerprint density at radius 3 is 2.95 bits per heavy atom. The van der Waals surface area contributed by atoms with Crippen molar-refractivity contribution in [3.63, 3.8) is 0 Å². The van der Waals surface area contributed by atoms with E-state index in [4.69, 9.17) is 15.2 Å². The maximum absolute atomic E-state index is 5.95. The summed E-state index contributed by atoms with van der Waals surface area (Å²) in [6, 6.07) is 7.67. The Morgan fingerprint density at radius 1 is 1.25 bits per heavy atom. The Kier molecular flexibility index (Phi) is 3.17. The van der Waals surface area contributed by atoms with Crippen molar-refractivity contribution in [3.05, 3.63) is 29.3 Å². The third-order valence-corrected chi connectivity index (χ3v) is 4.69. The van der Waals surface area contributed by atoms with Crippen LogP contribution in [0.5, 0.6) is 5.75 Å². The summed E-state index contributed by atoms with van der Waals surface area (Å²) in [6.07, 6.45) is 3.78. The third-order valence-electron chi connectivity index (χ3n) is 4.69.